The van der Waals surface area contributed by atoms with Crippen molar-refractivity contribution in [1.29, 1.82) is 0 Å². The number of hydrogen-bond acceptors (Lipinski definition) is 27. The summed E-state index contributed by atoms with van der Waals surface area (Å²) in [5.41, 5.74) is 12.6. The smallest absolute Gasteiger partial charge is 0.327 e. The molecule has 6 aromatic rings. The van der Waals surface area contributed by atoms with Crippen LogP contribution in [0.15, 0.2) is 53.5 Å². The molecule has 1 unspecified atom stereocenters. The number of aromatic nitrogens is 8. The number of aliphatic carboxylic acids is 2. The predicted molar refractivity (Wildman–Crippen MR) is 415 cm³/mol. The van der Waals surface area contributed by atoms with Crippen LogP contribution in [-0.4, -0.2) is 221 Å². The van der Waals surface area contributed by atoms with Crippen LogP contribution < -0.4 is 53.8 Å². The van der Waals surface area contributed by atoms with Crippen LogP contribution in [0.25, 0.3) is 33.2 Å². The fourth-order valence-electron chi connectivity index (χ4n) is 13.4. The first kappa shape index (κ1) is 86.7. The second-order valence-corrected chi connectivity index (χ2v) is 33.0. The normalized spacial score (nSPS) is 16.8. The van der Waals surface area contributed by atoms with E-state index in [4.69, 9.17) is 20.4 Å². The number of H-pyrrole nitrogens is 3. The Morgan fingerprint density at radius 3 is 1.86 bits per heavy atom. The number of nitrogens with two attached hydrogens (primary N) is 1. The van der Waals surface area contributed by atoms with Gasteiger partial charge in [-0.1, -0.05) is 42.4 Å². The van der Waals surface area contributed by atoms with E-state index in [9.17, 15) is 98.5 Å². The Hall–Kier alpha value is -11.3. The van der Waals surface area contributed by atoms with Gasteiger partial charge in [0.25, 0.3) is 31.7 Å². The summed E-state index contributed by atoms with van der Waals surface area (Å²) < 4.78 is 69.6. The summed E-state index contributed by atoms with van der Waals surface area (Å²) >= 11 is 0. The summed E-state index contributed by atoms with van der Waals surface area (Å²) in [6, 6.07) is 3.46. The number of Topliss-reactive ketones (excluding diaryl/α,β-unsaturated/α-hetero) is 2. The maximum atomic E-state index is 14.6. The van der Waals surface area contributed by atoms with E-state index < -0.39 is 189 Å². The Kier molecular flexibility index (Phi) is 28.6. The Balaban J connectivity index is 0.842. The zero-order valence-corrected chi connectivity index (χ0v) is 65.8. The van der Waals surface area contributed by atoms with Crippen LogP contribution in [0.5, 0.6) is 0 Å². The molecule has 9 rings (SSSR count). The minimum Gasteiger partial charge on any atom is -0.480 e. The topological polar surface area (TPSA) is 614 Å². The number of carbonyl (C=O) groups excluding carboxylic acids is 10. The van der Waals surface area contributed by atoms with Gasteiger partial charge in [0.1, 0.15) is 30.1 Å². The van der Waals surface area contributed by atoms with Crippen molar-refractivity contribution < 1.29 is 98.4 Å². The largest absolute Gasteiger partial charge is 0.480 e. The number of esters is 1. The number of methoxy groups -OCH3 is 1. The first-order valence-corrected chi connectivity index (χ1v) is 41.4. The van der Waals surface area contributed by atoms with Crippen molar-refractivity contribution in [2.24, 2.45) is 0 Å². The third-order valence-electron chi connectivity index (χ3n) is 19.4. The van der Waals surface area contributed by atoms with Crippen molar-refractivity contribution in [1.82, 2.24) is 77.1 Å². The van der Waals surface area contributed by atoms with Gasteiger partial charge >= 0.3 is 17.9 Å². The van der Waals surface area contributed by atoms with E-state index in [1.165, 1.54) is 44.5 Å². The van der Waals surface area contributed by atoms with Gasteiger partial charge in [0.2, 0.25) is 41.4 Å². The summed E-state index contributed by atoms with van der Waals surface area (Å²) in [5, 5.41) is 39.3. The van der Waals surface area contributed by atoms with E-state index in [-0.39, 0.29) is 72.0 Å². The van der Waals surface area contributed by atoms with Crippen LogP contribution in [0.1, 0.15) is 178 Å². The maximum Gasteiger partial charge on any atom is 0.327 e. The molecule has 39 nitrogen and oxygen atoms in total. The molecular formula is C71H85N17O22S4. The van der Waals surface area contributed by atoms with Crippen LogP contribution >= 0.6 is 21.6 Å². The number of nitrogen functional groups attached to an aromatic ring is 1. The van der Waals surface area contributed by atoms with Crippen LogP contribution in [-0.2, 0) is 74.7 Å². The van der Waals surface area contributed by atoms with E-state index in [1.807, 2.05) is 32.0 Å². The van der Waals surface area contributed by atoms with Crippen LogP contribution in [0.4, 0.5) is 11.6 Å². The van der Waals surface area contributed by atoms with Crippen molar-refractivity contribution in [3.05, 3.63) is 121 Å². The van der Waals surface area contributed by atoms with Crippen LogP contribution in [0.3, 0.4) is 0 Å². The van der Waals surface area contributed by atoms with Gasteiger partial charge in [0.05, 0.1) is 66.6 Å². The van der Waals surface area contributed by atoms with Gasteiger partial charge in [-0.05, 0) is 93.6 Å². The molecule has 0 saturated heterocycles. The van der Waals surface area contributed by atoms with Crippen LogP contribution in [0, 0.1) is 13.8 Å². The number of amides is 7. The number of anilines is 2. The SMILES string of the molecule is CC[C@H]1c2cc3[nH]c4c(c3C)C(=O)C(C(=O)OC)c4c3nc(cc4[nH]c(cc(n2)[C@@H]1C)c(C(C)=O)c4C)[C@@H](C)[C@@H]3CCC(=O)NCCSSC[C@H](NC(=O)[C@H](CC(=O)NCCS(=O)(=O)O)NC(=O)[C@H](CC(=O)NCCS(=O)(=O)O)NC(=O)CC[C@H](NC(=O)c1ccc(NCc2cnc3nc(N)[nH]c(=O)c3n2)cc1)C(=O)O)C(=O)O. The average Bonchev–Trinajstić information content (AvgIpc) is 1.56. The highest BCUT2D eigenvalue weighted by atomic mass is 33.1. The van der Waals surface area contributed by atoms with Gasteiger partial charge in [-0.25, -0.2) is 19.6 Å². The molecule has 114 heavy (non-hydrogen) atoms. The molecule has 9 atom stereocenters. The number of aromatic amines is 3. The maximum absolute atomic E-state index is 14.6. The highest BCUT2D eigenvalue weighted by molar-refractivity contribution is 8.76. The molecule has 5 aromatic heterocycles. The third kappa shape index (κ3) is 21.9. The van der Waals surface area contributed by atoms with Crippen LogP contribution in [0.2, 0.25) is 0 Å². The number of carbonyl (C=O) groups is 12. The van der Waals surface area contributed by atoms with E-state index in [0.29, 0.717) is 72.7 Å². The number of hydrogen-bond donors (Lipinski definition) is 16. The van der Waals surface area contributed by atoms with Crippen molar-refractivity contribution in [3.8, 4) is 0 Å². The zero-order valence-electron chi connectivity index (χ0n) is 62.5. The number of aryl methyl sites for hydroxylation is 2. The number of carboxylic acid groups (broad SMARTS) is 2. The van der Waals surface area contributed by atoms with Crippen molar-refractivity contribution >= 4 is 158 Å². The van der Waals surface area contributed by atoms with E-state index in [0.717, 1.165) is 39.4 Å². The van der Waals surface area contributed by atoms with Crippen molar-refractivity contribution in [3.63, 3.8) is 0 Å². The predicted octanol–water partition coefficient (Wildman–Crippen LogP) is 2.26. The highest BCUT2D eigenvalue weighted by Gasteiger charge is 2.46. The van der Waals surface area contributed by atoms with Gasteiger partial charge < -0.3 is 73.2 Å². The minimum atomic E-state index is -4.66. The molecule has 0 radical (unpaired) electrons. The molecule has 3 aliphatic rings. The molecule has 1 aliphatic carbocycles. The number of carboxylic acids is 2. The molecular weight excluding hydrogens is 1570 g/mol. The quantitative estimate of drug-likeness (QED) is 0.00664. The molecule has 0 spiro atoms. The number of rotatable bonds is 37. The lowest BCUT2D eigenvalue weighted by Gasteiger charge is -2.24. The zero-order chi connectivity index (χ0) is 83.4. The molecule has 7 heterocycles. The number of nitrogens with one attached hydrogen (secondary N) is 11. The number of benzene rings is 1. The van der Waals surface area contributed by atoms with E-state index in [2.05, 4.69) is 86.3 Å². The summed E-state index contributed by atoms with van der Waals surface area (Å²) in [6.07, 6.45) is -1.46. The number of fused-ring (bicyclic) bond motifs is 9. The Bertz CT molecular complexity index is 5310. The van der Waals surface area contributed by atoms with Crippen molar-refractivity contribution in [2.75, 3.05) is 60.8 Å². The lowest BCUT2D eigenvalue weighted by Crippen LogP contribution is -2.57. The van der Waals surface area contributed by atoms with Gasteiger partial charge in [-0.3, -0.25) is 76.8 Å². The van der Waals surface area contributed by atoms with Crippen molar-refractivity contribution in [2.45, 2.75) is 147 Å². The first-order valence-electron chi connectivity index (χ1n) is 35.7. The molecule has 43 heteroatoms. The number of ether oxygens (including phenoxy) is 1. The Labute approximate surface area is 658 Å². The highest BCUT2D eigenvalue weighted by Crippen LogP contribution is 2.48. The summed E-state index contributed by atoms with van der Waals surface area (Å²) in [7, 11) is -6.15. The molecule has 610 valence electrons. The molecule has 0 saturated carbocycles. The average molecular weight is 1660 g/mol. The summed E-state index contributed by atoms with van der Waals surface area (Å²) in [5.74, 6) is -17.2. The lowest BCUT2D eigenvalue weighted by atomic mass is 9.84. The molecule has 17 N–H and O–H groups in total. The molecule has 2 aliphatic heterocycles. The number of nitrogens with zero attached hydrogens (tertiary/aromatic N) is 5. The minimum absolute atomic E-state index is 0.0153. The monoisotopic (exact) mass is 1660 g/mol. The first-order chi connectivity index (χ1) is 53.8. The lowest BCUT2D eigenvalue weighted by molar-refractivity contribution is -0.142. The fourth-order valence-corrected chi connectivity index (χ4v) is 16.2. The molecule has 0 fully saturated rings. The van der Waals surface area contributed by atoms with Gasteiger partial charge in [0, 0.05) is 124 Å². The molecule has 1 aromatic carbocycles. The Morgan fingerprint density at radius 2 is 1.25 bits per heavy atom. The Morgan fingerprint density at radius 1 is 0.658 bits per heavy atom. The second-order valence-electron chi connectivity index (χ2n) is 27.2. The van der Waals surface area contributed by atoms with E-state index in [1.54, 1.807) is 6.92 Å². The second kappa shape index (κ2) is 37.6. The molecule has 7 amide bonds. The van der Waals surface area contributed by atoms with Gasteiger partial charge in [0.15, 0.2) is 22.7 Å². The number of ketones is 2. The summed E-state index contributed by atoms with van der Waals surface area (Å²) in [6.45, 7) is 9.74. The third-order valence-corrected chi connectivity index (χ3v) is 23.2. The summed E-state index contributed by atoms with van der Waals surface area (Å²) in [4.78, 5) is 206. The fraction of sp³-hybridized carbons (Fsp3) is 0.437. The standard InChI is InChI=1S/C71H85N17O22S4/c1-8-39-31(2)42-25-47-55(35(6)89)33(4)44(80-47)23-43-32(3)40(59(82-43)57-58(70(103)110-7)62(94)56-34(5)45(83-60(56)57)24-46(39)79-42)13-15-51(90)73-17-20-111-112-30-50(69(101)102)86-66(97)49(27-54(93)75-19-22-114(107,108)109)85-65(96)48(26-53(92)74-18-21-113(104,105)106)81-52(91)16-14-41(68(99)100)84-64(95)36-9-11-37(12-10-36)76-28-38-29-77-63-61(78-38)67(98)88-71(72)87-63/h9-12,23-25,29,31-32,39-41,48-50,58,76,80,83H,8,13-22,26-28,30H2,1-7H3,(H,73,90)(H,74,92)(H,75,93)(H,81,91)(H,84,95)(H,85,96)(H,86,97)(H,99,100)(H,101,102)(H,104,105,106)(H,107,108,109)(H3,72,77,87,88,98)/t31-,32+,39-,40+,41+,48+,49+,50+,58?/m1/s1. The molecule has 8 bridgehead atoms. The van der Waals surface area contributed by atoms with Gasteiger partial charge in [-0.2, -0.15) is 21.8 Å². The van der Waals surface area contributed by atoms with Gasteiger partial charge in [-0.15, -0.1) is 0 Å². The van der Waals surface area contributed by atoms with E-state index >= 15 is 0 Å².